The Bertz CT molecular complexity index is 651. The van der Waals surface area contributed by atoms with E-state index in [-0.39, 0.29) is 34.2 Å². The van der Waals surface area contributed by atoms with Crippen molar-refractivity contribution in [3.8, 4) is 5.75 Å². The van der Waals surface area contributed by atoms with Crippen molar-refractivity contribution in [1.82, 2.24) is 10.6 Å². The maximum Gasteiger partial charge on any atom is 0.251 e. The van der Waals surface area contributed by atoms with E-state index in [1.165, 1.54) is 18.2 Å². The lowest BCUT2D eigenvalue weighted by Crippen LogP contribution is -2.52. The fourth-order valence-electron chi connectivity index (χ4n) is 3.33. The molecule has 0 aromatic heterocycles. The van der Waals surface area contributed by atoms with Crippen LogP contribution in [0.25, 0.3) is 0 Å². The van der Waals surface area contributed by atoms with Gasteiger partial charge in [-0.2, -0.15) is 0 Å². The Morgan fingerprint density at radius 1 is 1.41 bits per heavy atom. The Morgan fingerprint density at radius 2 is 2.15 bits per heavy atom. The number of carbonyl (C=O) groups excluding carboxylic acids is 1. The van der Waals surface area contributed by atoms with Crippen molar-refractivity contribution < 1.29 is 18.3 Å². The molecule has 0 saturated carbocycles. The van der Waals surface area contributed by atoms with Crippen LogP contribution in [-0.4, -0.2) is 38.6 Å². The number of halogens is 3. The van der Waals surface area contributed by atoms with E-state index >= 15 is 0 Å². The average Bonchev–Trinajstić information content (AvgIpc) is 2.59. The first-order valence-corrected chi connectivity index (χ1v) is 9.65. The van der Waals surface area contributed by atoms with Gasteiger partial charge in [-0.3, -0.25) is 4.79 Å². The molecule has 7 heteroatoms. The summed E-state index contributed by atoms with van der Waals surface area (Å²) in [6, 6.07) is 4.35. The fraction of sp³-hybridized carbons (Fsp3) is 0.650. The molecule has 152 valence electrons. The van der Waals surface area contributed by atoms with Crippen LogP contribution in [0.15, 0.2) is 18.2 Å². The zero-order valence-electron chi connectivity index (χ0n) is 16.2. The summed E-state index contributed by atoms with van der Waals surface area (Å²) in [4.78, 5) is 12.6. The SMILES string of the molecule is CC(C)(C)CC[C@]1(CNC(=O)c2cc(Cl)cc(OCF)c2)CCNC[C@H]1F. The first-order valence-electron chi connectivity index (χ1n) is 9.28. The predicted octanol–water partition coefficient (Wildman–Crippen LogP) is 4.52. The molecule has 1 aromatic carbocycles. The Hall–Kier alpha value is -1.40. The van der Waals surface area contributed by atoms with Gasteiger partial charge in [-0.25, -0.2) is 8.78 Å². The quantitative estimate of drug-likeness (QED) is 0.705. The summed E-state index contributed by atoms with van der Waals surface area (Å²) in [5.74, 6) is -0.190. The van der Waals surface area contributed by atoms with Gasteiger partial charge in [-0.05, 0) is 49.4 Å². The summed E-state index contributed by atoms with van der Waals surface area (Å²) in [6.07, 6.45) is 1.20. The van der Waals surface area contributed by atoms with Gasteiger partial charge in [0.1, 0.15) is 11.9 Å². The lowest BCUT2D eigenvalue weighted by molar-refractivity contribution is 0.0447. The second kappa shape index (κ2) is 9.20. The molecule has 0 unspecified atom stereocenters. The van der Waals surface area contributed by atoms with Gasteiger partial charge in [-0.1, -0.05) is 32.4 Å². The summed E-state index contributed by atoms with van der Waals surface area (Å²) >= 11 is 5.98. The summed E-state index contributed by atoms with van der Waals surface area (Å²) in [7, 11) is 0. The molecule has 27 heavy (non-hydrogen) atoms. The van der Waals surface area contributed by atoms with Crippen LogP contribution in [0.3, 0.4) is 0 Å². The van der Waals surface area contributed by atoms with E-state index in [9.17, 15) is 13.6 Å². The molecular weight excluding hydrogens is 374 g/mol. The molecule has 0 radical (unpaired) electrons. The molecule has 1 amide bonds. The van der Waals surface area contributed by atoms with E-state index in [4.69, 9.17) is 16.3 Å². The third kappa shape index (κ3) is 6.32. The van der Waals surface area contributed by atoms with Crippen molar-refractivity contribution in [2.45, 2.75) is 46.2 Å². The molecule has 0 bridgehead atoms. The lowest BCUT2D eigenvalue weighted by Gasteiger charge is -2.42. The van der Waals surface area contributed by atoms with Crippen LogP contribution in [0, 0.1) is 10.8 Å². The molecule has 1 heterocycles. The molecule has 1 fully saturated rings. The molecule has 1 saturated heterocycles. The molecule has 1 aliphatic heterocycles. The Kier molecular flexibility index (Phi) is 7.46. The highest BCUT2D eigenvalue weighted by Crippen LogP contribution is 2.39. The monoisotopic (exact) mass is 402 g/mol. The van der Waals surface area contributed by atoms with Gasteiger partial charge in [0.2, 0.25) is 6.86 Å². The van der Waals surface area contributed by atoms with E-state index in [2.05, 4.69) is 31.4 Å². The van der Waals surface area contributed by atoms with Crippen LogP contribution in [0.4, 0.5) is 8.78 Å². The van der Waals surface area contributed by atoms with Crippen molar-refractivity contribution in [3.63, 3.8) is 0 Å². The number of alkyl halides is 2. The maximum absolute atomic E-state index is 14.9. The number of benzene rings is 1. The number of nitrogens with one attached hydrogen (secondary N) is 2. The minimum atomic E-state index is -1.03. The van der Waals surface area contributed by atoms with Crippen molar-refractivity contribution in [2.75, 3.05) is 26.5 Å². The van der Waals surface area contributed by atoms with E-state index in [1.807, 2.05) is 0 Å². The van der Waals surface area contributed by atoms with E-state index in [0.717, 1.165) is 13.0 Å². The van der Waals surface area contributed by atoms with Crippen molar-refractivity contribution in [2.24, 2.45) is 10.8 Å². The lowest BCUT2D eigenvalue weighted by atomic mass is 9.70. The van der Waals surface area contributed by atoms with Gasteiger partial charge < -0.3 is 15.4 Å². The topological polar surface area (TPSA) is 50.4 Å². The van der Waals surface area contributed by atoms with E-state index in [1.54, 1.807) is 0 Å². The molecule has 1 aliphatic rings. The van der Waals surface area contributed by atoms with Crippen molar-refractivity contribution in [1.29, 1.82) is 0 Å². The van der Waals surface area contributed by atoms with E-state index in [0.29, 0.717) is 19.4 Å². The third-order valence-corrected chi connectivity index (χ3v) is 5.33. The van der Waals surface area contributed by atoms with Crippen molar-refractivity contribution in [3.05, 3.63) is 28.8 Å². The Labute approximate surface area is 165 Å². The number of amides is 1. The second-order valence-corrected chi connectivity index (χ2v) is 8.89. The number of hydrogen-bond donors (Lipinski definition) is 2. The number of rotatable bonds is 7. The third-order valence-electron chi connectivity index (χ3n) is 5.12. The van der Waals surface area contributed by atoms with Gasteiger partial charge in [0.05, 0.1) is 0 Å². The first-order chi connectivity index (χ1) is 12.6. The fourth-order valence-corrected chi connectivity index (χ4v) is 3.56. The average molecular weight is 403 g/mol. The van der Waals surface area contributed by atoms with Gasteiger partial charge in [0.15, 0.2) is 0 Å². The molecule has 1 aromatic rings. The minimum Gasteiger partial charge on any atom is -0.463 e. The normalized spacial score (nSPS) is 23.1. The number of ether oxygens (including phenoxy) is 1. The molecular formula is C20H29ClF2N2O2. The van der Waals surface area contributed by atoms with Crippen LogP contribution in [0.5, 0.6) is 5.75 Å². The molecule has 0 aliphatic carbocycles. The standard InChI is InChI=1S/C20H29ClF2N2O2/c1-19(2,3)4-5-20(6-7-24-11-17(20)23)12-25-18(26)14-8-15(21)10-16(9-14)27-13-22/h8-10,17,24H,4-7,11-13H2,1-3H3,(H,25,26)/t17-,20-/m1/s1. The van der Waals surface area contributed by atoms with Gasteiger partial charge in [0, 0.05) is 29.1 Å². The van der Waals surface area contributed by atoms with Gasteiger partial charge in [-0.15, -0.1) is 0 Å². The van der Waals surface area contributed by atoms with Crippen LogP contribution in [0.2, 0.25) is 5.02 Å². The molecule has 2 atom stereocenters. The zero-order chi connectivity index (χ0) is 20.1. The van der Waals surface area contributed by atoms with Gasteiger partial charge in [0.25, 0.3) is 5.91 Å². The highest BCUT2D eigenvalue weighted by atomic mass is 35.5. The van der Waals surface area contributed by atoms with Crippen LogP contribution in [0.1, 0.15) is 50.4 Å². The highest BCUT2D eigenvalue weighted by Gasteiger charge is 2.42. The summed E-state index contributed by atoms with van der Waals surface area (Å²) < 4.78 is 32.0. The van der Waals surface area contributed by atoms with Crippen LogP contribution in [-0.2, 0) is 0 Å². The highest BCUT2D eigenvalue weighted by molar-refractivity contribution is 6.31. The second-order valence-electron chi connectivity index (χ2n) is 8.46. The van der Waals surface area contributed by atoms with Crippen LogP contribution < -0.4 is 15.4 Å². The van der Waals surface area contributed by atoms with Gasteiger partial charge >= 0.3 is 0 Å². The Morgan fingerprint density at radius 3 is 2.78 bits per heavy atom. The van der Waals surface area contributed by atoms with Crippen LogP contribution >= 0.6 is 11.6 Å². The number of hydrogen-bond acceptors (Lipinski definition) is 3. The summed E-state index contributed by atoms with van der Waals surface area (Å²) in [5.41, 5.74) is -0.237. The minimum absolute atomic E-state index is 0.0904. The molecule has 4 nitrogen and oxygen atoms in total. The first kappa shape index (κ1) is 21.9. The maximum atomic E-state index is 14.9. The number of carbonyl (C=O) groups is 1. The molecule has 0 spiro atoms. The summed E-state index contributed by atoms with van der Waals surface area (Å²) in [5, 5.41) is 6.21. The molecule has 2 rings (SSSR count). The van der Waals surface area contributed by atoms with Crippen molar-refractivity contribution >= 4 is 17.5 Å². The summed E-state index contributed by atoms with van der Waals surface area (Å²) in [6.45, 7) is 6.66. The predicted molar refractivity (Wildman–Crippen MR) is 104 cm³/mol. The van der Waals surface area contributed by atoms with E-state index < -0.39 is 18.4 Å². The largest absolute Gasteiger partial charge is 0.463 e. The zero-order valence-corrected chi connectivity index (χ0v) is 17.0. The smallest absolute Gasteiger partial charge is 0.251 e. The Balaban J connectivity index is 2.11. The molecule has 2 N–H and O–H groups in total. The number of piperidine rings is 1.